The van der Waals surface area contributed by atoms with Gasteiger partial charge in [0, 0.05) is 35.4 Å². The molecule has 1 aromatic heterocycles. The van der Waals surface area contributed by atoms with Gasteiger partial charge in [0.15, 0.2) is 0 Å². The van der Waals surface area contributed by atoms with Crippen LogP contribution in [0.15, 0.2) is 59.4 Å². The molecule has 0 saturated carbocycles. The minimum atomic E-state index is -0.420. The fraction of sp³-hybridized carbons (Fsp3) is 0.261. The fourth-order valence-electron chi connectivity index (χ4n) is 3.63. The van der Waals surface area contributed by atoms with Crippen LogP contribution in [-0.4, -0.2) is 28.8 Å². The first-order chi connectivity index (χ1) is 15.0. The number of nitrogens with zero attached hydrogens (tertiary/aromatic N) is 3. The Morgan fingerprint density at radius 3 is 2.45 bits per heavy atom. The van der Waals surface area contributed by atoms with Gasteiger partial charge in [-0.05, 0) is 55.7 Å². The molecule has 0 atom stereocenters. The molecule has 0 bridgehead atoms. The maximum atomic E-state index is 12.4. The molecule has 0 aliphatic carbocycles. The highest BCUT2D eigenvalue weighted by atomic mass is 35.5. The minimum Gasteiger partial charge on any atom is -0.372 e. The molecule has 0 radical (unpaired) electrons. The predicted molar refractivity (Wildman–Crippen MR) is 125 cm³/mol. The largest absolute Gasteiger partial charge is 0.372 e. The first kappa shape index (κ1) is 21.4. The number of anilines is 2. The van der Waals surface area contributed by atoms with E-state index in [9.17, 15) is 9.59 Å². The van der Waals surface area contributed by atoms with E-state index in [-0.39, 0.29) is 12.1 Å². The molecule has 3 aromatic rings. The zero-order valence-electron chi connectivity index (χ0n) is 16.9. The SMILES string of the molecule is O=C(Cn1nc(-c2ccc(N3CCCCC3)cc2)ccc1=O)Nc1cc(Cl)ccc1Cl. The van der Waals surface area contributed by atoms with Crippen molar-refractivity contribution in [3.8, 4) is 11.3 Å². The van der Waals surface area contributed by atoms with Crippen LogP contribution in [-0.2, 0) is 11.3 Å². The average Bonchev–Trinajstić information content (AvgIpc) is 2.78. The van der Waals surface area contributed by atoms with Gasteiger partial charge in [-0.1, -0.05) is 35.3 Å². The summed E-state index contributed by atoms with van der Waals surface area (Å²) >= 11 is 12.0. The quantitative estimate of drug-likeness (QED) is 0.595. The van der Waals surface area contributed by atoms with Gasteiger partial charge in [-0.25, -0.2) is 4.68 Å². The average molecular weight is 457 g/mol. The van der Waals surface area contributed by atoms with Gasteiger partial charge in [0.2, 0.25) is 5.91 Å². The molecule has 8 heteroatoms. The lowest BCUT2D eigenvalue weighted by Crippen LogP contribution is -2.29. The minimum absolute atomic E-state index is 0.235. The maximum absolute atomic E-state index is 12.4. The molecule has 31 heavy (non-hydrogen) atoms. The standard InChI is InChI=1S/C23H22Cl2N4O2/c24-17-6-9-19(25)21(14-17)26-22(30)15-29-23(31)11-10-20(27-29)16-4-7-18(8-5-16)28-12-2-1-3-13-28/h4-11,14H,1-3,12-13,15H2,(H,26,30). The molecule has 1 amide bonds. The highest BCUT2D eigenvalue weighted by Gasteiger charge is 2.13. The normalized spacial score (nSPS) is 13.8. The Labute approximate surface area is 190 Å². The lowest BCUT2D eigenvalue weighted by atomic mass is 10.1. The first-order valence-electron chi connectivity index (χ1n) is 10.2. The van der Waals surface area contributed by atoms with Gasteiger partial charge in [-0.3, -0.25) is 9.59 Å². The summed E-state index contributed by atoms with van der Waals surface area (Å²) in [5, 5.41) is 7.86. The molecular weight excluding hydrogens is 435 g/mol. The highest BCUT2D eigenvalue weighted by molar-refractivity contribution is 6.35. The molecule has 1 saturated heterocycles. The third-order valence-corrected chi connectivity index (χ3v) is 5.81. The third-order valence-electron chi connectivity index (χ3n) is 5.25. The summed E-state index contributed by atoms with van der Waals surface area (Å²) < 4.78 is 1.14. The van der Waals surface area contributed by atoms with E-state index in [0.717, 1.165) is 23.3 Å². The van der Waals surface area contributed by atoms with Crippen LogP contribution in [0.4, 0.5) is 11.4 Å². The van der Waals surface area contributed by atoms with Crippen molar-refractivity contribution in [2.45, 2.75) is 25.8 Å². The molecular formula is C23H22Cl2N4O2. The summed E-state index contributed by atoms with van der Waals surface area (Å²) in [6, 6.07) is 16.0. The molecule has 1 fully saturated rings. The van der Waals surface area contributed by atoms with Crippen molar-refractivity contribution < 1.29 is 4.79 Å². The predicted octanol–water partition coefficient (Wildman–Crippen LogP) is 4.85. The second-order valence-electron chi connectivity index (χ2n) is 7.48. The highest BCUT2D eigenvalue weighted by Crippen LogP contribution is 2.26. The molecule has 2 heterocycles. The van der Waals surface area contributed by atoms with E-state index in [1.165, 1.54) is 31.0 Å². The van der Waals surface area contributed by atoms with Crippen LogP contribution in [0.3, 0.4) is 0 Å². The number of halogens is 2. The van der Waals surface area contributed by atoms with E-state index in [1.807, 2.05) is 12.1 Å². The number of hydrogen-bond acceptors (Lipinski definition) is 4. The number of benzene rings is 2. The number of piperidine rings is 1. The number of carbonyl (C=O) groups is 1. The molecule has 4 rings (SSSR count). The van der Waals surface area contributed by atoms with Crippen molar-refractivity contribution in [1.82, 2.24) is 9.78 Å². The third kappa shape index (κ3) is 5.27. The molecule has 160 valence electrons. The van der Waals surface area contributed by atoms with Crippen molar-refractivity contribution >= 4 is 40.5 Å². The van der Waals surface area contributed by atoms with Crippen LogP contribution in [0.25, 0.3) is 11.3 Å². The Kier molecular flexibility index (Phi) is 6.59. The van der Waals surface area contributed by atoms with E-state index in [4.69, 9.17) is 23.2 Å². The molecule has 0 unspecified atom stereocenters. The zero-order chi connectivity index (χ0) is 21.8. The van der Waals surface area contributed by atoms with Crippen LogP contribution in [0.1, 0.15) is 19.3 Å². The van der Waals surface area contributed by atoms with Gasteiger partial charge in [-0.2, -0.15) is 5.10 Å². The van der Waals surface area contributed by atoms with Gasteiger partial charge in [0.05, 0.1) is 16.4 Å². The van der Waals surface area contributed by atoms with Gasteiger partial charge in [-0.15, -0.1) is 0 Å². The maximum Gasteiger partial charge on any atom is 0.267 e. The summed E-state index contributed by atoms with van der Waals surface area (Å²) in [4.78, 5) is 27.1. The first-order valence-corrected chi connectivity index (χ1v) is 10.9. The number of aromatic nitrogens is 2. The Morgan fingerprint density at radius 1 is 0.968 bits per heavy atom. The van der Waals surface area contributed by atoms with Crippen molar-refractivity contribution in [3.05, 3.63) is 75.0 Å². The molecule has 6 nitrogen and oxygen atoms in total. The van der Waals surface area contributed by atoms with Crippen LogP contribution in [0.2, 0.25) is 10.0 Å². The summed E-state index contributed by atoms with van der Waals surface area (Å²) in [7, 11) is 0. The number of amides is 1. The van der Waals surface area contributed by atoms with E-state index < -0.39 is 5.91 Å². The monoisotopic (exact) mass is 456 g/mol. The Balaban J connectivity index is 1.49. The summed E-state index contributed by atoms with van der Waals surface area (Å²) in [6.45, 7) is 1.92. The van der Waals surface area contributed by atoms with Crippen molar-refractivity contribution in [2.75, 3.05) is 23.3 Å². The van der Waals surface area contributed by atoms with Gasteiger partial charge in [0.25, 0.3) is 5.56 Å². The van der Waals surface area contributed by atoms with E-state index in [1.54, 1.807) is 24.3 Å². The zero-order valence-corrected chi connectivity index (χ0v) is 18.4. The fourth-order valence-corrected chi connectivity index (χ4v) is 3.97. The van der Waals surface area contributed by atoms with E-state index >= 15 is 0 Å². The lowest BCUT2D eigenvalue weighted by Gasteiger charge is -2.28. The number of nitrogens with one attached hydrogen (secondary N) is 1. The molecule has 2 aromatic carbocycles. The molecule has 1 aliphatic heterocycles. The van der Waals surface area contributed by atoms with Gasteiger partial charge >= 0.3 is 0 Å². The van der Waals surface area contributed by atoms with Crippen molar-refractivity contribution in [3.63, 3.8) is 0 Å². The van der Waals surface area contributed by atoms with Crippen LogP contribution in [0, 0.1) is 0 Å². The lowest BCUT2D eigenvalue weighted by molar-refractivity contribution is -0.117. The smallest absolute Gasteiger partial charge is 0.267 e. The van der Waals surface area contributed by atoms with Crippen LogP contribution in [0.5, 0.6) is 0 Å². The summed E-state index contributed by atoms with van der Waals surface area (Å²) in [5.74, 6) is -0.420. The Hall–Kier alpha value is -2.83. The second-order valence-corrected chi connectivity index (χ2v) is 8.33. The number of rotatable bonds is 5. The summed E-state index contributed by atoms with van der Waals surface area (Å²) in [6.07, 6.45) is 3.73. The van der Waals surface area contributed by atoms with Gasteiger partial charge in [0.1, 0.15) is 6.54 Å². The van der Waals surface area contributed by atoms with E-state index in [0.29, 0.717) is 21.4 Å². The Morgan fingerprint density at radius 2 is 1.71 bits per heavy atom. The number of hydrogen-bond donors (Lipinski definition) is 1. The van der Waals surface area contributed by atoms with Crippen molar-refractivity contribution in [2.24, 2.45) is 0 Å². The van der Waals surface area contributed by atoms with Crippen LogP contribution >= 0.6 is 23.2 Å². The van der Waals surface area contributed by atoms with E-state index in [2.05, 4.69) is 27.4 Å². The number of carbonyl (C=O) groups excluding carboxylic acids is 1. The second kappa shape index (κ2) is 9.54. The Bertz CT molecular complexity index is 1140. The summed E-state index contributed by atoms with van der Waals surface area (Å²) in [5.41, 5.74) is 2.72. The van der Waals surface area contributed by atoms with Crippen molar-refractivity contribution in [1.29, 1.82) is 0 Å². The topological polar surface area (TPSA) is 67.2 Å². The molecule has 1 N–H and O–H groups in total. The van der Waals surface area contributed by atoms with Gasteiger partial charge < -0.3 is 10.2 Å². The van der Waals surface area contributed by atoms with Crippen LogP contribution < -0.4 is 15.8 Å². The molecule has 1 aliphatic rings. The molecule has 0 spiro atoms.